The van der Waals surface area contributed by atoms with Crippen molar-refractivity contribution in [3.05, 3.63) is 87.4 Å². The zero-order chi connectivity index (χ0) is 20.4. The second-order valence-corrected chi connectivity index (χ2v) is 7.50. The van der Waals surface area contributed by atoms with Crippen molar-refractivity contribution in [2.45, 2.75) is 26.2 Å². The minimum Gasteiger partial charge on any atom is -0.370 e. The Morgan fingerprint density at radius 3 is 2.83 bits per heavy atom. The smallest absolute Gasteiger partial charge is 0.254 e. The molecule has 1 aliphatic rings. The summed E-state index contributed by atoms with van der Waals surface area (Å²) < 4.78 is 21.3. The van der Waals surface area contributed by atoms with E-state index >= 15 is 0 Å². The van der Waals surface area contributed by atoms with Crippen LogP contribution in [-0.2, 0) is 38.0 Å². The van der Waals surface area contributed by atoms with E-state index in [1.165, 1.54) is 6.07 Å². The number of benzene rings is 2. The number of fused-ring (bicyclic) bond motifs is 1. The van der Waals surface area contributed by atoms with Gasteiger partial charge in [0.15, 0.2) is 0 Å². The molecule has 0 spiro atoms. The van der Waals surface area contributed by atoms with Crippen molar-refractivity contribution in [1.82, 2.24) is 14.7 Å². The highest BCUT2D eigenvalue weighted by molar-refractivity contribution is 6.30. The van der Waals surface area contributed by atoms with Crippen LogP contribution in [0.5, 0.6) is 0 Å². The summed E-state index contributed by atoms with van der Waals surface area (Å²) in [6.45, 7) is 1.51. The van der Waals surface area contributed by atoms with E-state index in [4.69, 9.17) is 16.3 Å². The van der Waals surface area contributed by atoms with Gasteiger partial charge in [-0.05, 0) is 24.3 Å². The lowest BCUT2D eigenvalue weighted by atomic mass is 10.0. The molecule has 4 rings (SSSR count). The van der Waals surface area contributed by atoms with E-state index in [0.717, 1.165) is 23.4 Å². The highest BCUT2D eigenvalue weighted by atomic mass is 35.5. The second-order valence-electron chi connectivity index (χ2n) is 7.07. The van der Waals surface area contributed by atoms with Crippen LogP contribution >= 0.6 is 11.6 Å². The molecule has 3 aromatic rings. The third-order valence-corrected chi connectivity index (χ3v) is 5.37. The molecular weight excluding hydrogens is 393 g/mol. The maximum Gasteiger partial charge on any atom is 0.254 e. The summed E-state index contributed by atoms with van der Waals surface area (Å²) in [5, 5.41) is 5.10. The Bertz CT molecular complexity index is 1050. The number of amides is 1. The molecule has 0 radical (unpaired) electrons. The number of aromatic nitrogens is 2. The van der Waals surface area contributed by atoms with Gasteiger partial charge in [-0.25, -0.2) is 4.39 Å². The minimum atomic E-state index is -0.283. The Morgan fingerprint density at radius 2 is 2.03 bits per heavy atom. The molecule has 7 heteroatoms. The van der Waals surface area contributed by atoms with Gasteiger partial charge in [0.1, 0.15) is 5.82 Å². The number of ether oxygens (including phenoxy) is 1. The van der Waals surface area contributed by atoms with Crippen LogP contribution < -0.4 is 0 Å². The normalized spacial score (nSPS) is 13.4. The number of carbonyl (C=O) groups is 1. The van der Waals surface area contributed by atoms with Crippen molar-refractivity contribution in [1.29, 1.82) is 0 Å². The number of aryl methyl sites for hydroxylation is 1. The lowest BCUT2D eigenvalue weighted by molar-refractivity contribution is 0.0727. The SMILES string of the molecule is Cn1nc(COCc2ccccc2F)c2c1CCN(C(=O)c1cccc(Cl)c1)C2. The Kier molecular flexibility index (Phi) is 5.65. The summed E-state index contributed by atoms with van der Waals surface area (Å²) in [7, 11) is 1.90. The molecule has 2 heterocycles. The molecule has 1 amide bonds. The molecule has 150 valence electrons. The summed E-state index contributed by atoms with van der Waals surface area (Å²) in [6, 6.07) is 13.5. The van der Waals surface area contributed by atoms with Crippen LogP contribution in [0.15, 0.2) is 48.5 Å². The molecular formula is C22H21ClFN3O2. The Balaban J connectivity index is 1.47. The maximum atomic E-state index is 13.8. The Labute approximate surface area is 173 Å². The van der Waals surface area contributed by atoms with Gasteiger partial charge in [-0.3, -0.25) is 9.48 Å². The van der Waals surface area contributed by atoms with Gasteiger partial charge in [0.05, 0.1) is 18.9 Å². The lowest BCUT2D eigenvalue weighted by Crippen LogP contribution is -2.36. The molecule has 0 atom stereocenters. The topological polar surface area (TPSA) is 47.4 Å². The highest BCUT2D eigenvalue weighted by Crippen LogP contribution is 2.25. The molecule has 5 nitrogen and oxygen atoms in total. The fourth-order valence-electron chi connectivity index (χ4n) is 3.64. The van der Waals surface area contributed by atoms with Gasteiger partial charge in [0.25, 0.3) is 5.91 Å². The first-order valence-electron chi connectivity index (χ1n) is 9.42. The predicted octanol–water partition coefficient (Wildman–Crippen LogP) is 4.13. The van der Waals surface area contributed by atoms with Crippen molar-refractivity contribution < 1.29 is 13.9 Å². The number of carbonyl (C=O) groups excluding carboxylic acids is 1. The zero-order valence-electron chi connectivity index (χ0n) is 16.1. The van der Waals surface area contributed by atoms with E-state index in [0.29, 0.717) is 29.2 Å². The van der Waals surface area contributed by atoms with Gasteiger partial charge in [0.2, 0.25) is 0 Å². The molecule has 29 heavy (non-hydrogen) atoms. The van der Waals surface area contributed by atoms with E-state index in [1.807, 2.05) is 11.7 Å². The van der Waals surface area contributed by atoms with Crippen molar-refractivity contribution in [3.63, 3.8) is 0 Å². The van der Waals surface area contributed by atoms with Gasteiger partial charge in [-0.1, -0.05) is 35.9 Å². The third-order valence-electron chi connectivity index (χ3n) is 5.14. The number of nitrogens with zero attached hydrogens (tertiary/aromatic N) is 3. The number of rotatable bonds is 5. The van der Waals surface area contributed by atoms with Crippen molar-refractivity contribution >= 4 is 17.5 Å². The summed E-state index contributed by atoms with van der Waals surface area (Å²) in [6.07, 6.45) is 0.721. The van der Waals surface area contributed by atoms with Gasteiger partial charge in [-0.15, -0.1) is 0 Å². The van der Waals surface area contributed by atoms with Crippen molar-refractivity contribution in [2.75, 3.05) is 6.54 Å². The quantitative estimate of drug-likeness (QED) is 0.632. The molecule has 0 saturated heterocycles. The Hall–Kier alpha value is -2.70. The molecule has 1 aromatic heterocycles. The largest absolute Gasteiger partial charge is 0.370 e. The average Bonchev–Trinajstić information content (AvgIpc) is 3.04. The maximum absolute atomic E-state index is 13.8. The average molecular weight is 414 g/mol. The molecule has 0 aliphatic carbocycles. The molecule has 1 aliphatic heterocycles. The van der Waals surface area contributed by atoms with Gasteiger partial charge in [-0.2, -0.15) is 5.10 Å². The first-order valence-corrected chi connectivity index (χ1v) is 9.80. The summed E-state index contributed by atoms with van der Waals surface area (Å²) in [4.78, 5) is 14.7. The molecule has 0 fully saturated rings. The van der Waals surface area contributed by atoms with E-state index < -0.39 is 0 Å². The van der Waals surface area contributed by atoms with Crippen LogP contribution in [0.3, 0.4) is 0 Å². The van der Waals surface area contributed by atoms with E-state index in [-0.39, 0.29) is 24.9 Å². The first-order chi connectivity index (χ1) is 14.0. The van der Waals surface area contributed by atoms with Gasteiger partial charge >= 0.3 is 0 Å². The monoisotopic (exact) mass is 413 g/mol. The molecule has 2 aromatic carbocycles. The third kappa shape index (κ3) is 4.18. The van der Waals surface area contributed by atoms with Gasteiger partial charge < -0.3 is 9.64 Å². The zero-order valence-corrected chi connectivity index (χ0v) is 16.8. The number of hydrogen-bond donors (Lipinski definition) is 0. The van der Waals surface area contributed by atoms with E-state index in [2.05, 4.69) is 5.10 Å². The van der Waals surface area contributed by atoms with Crippen molar-refractivity contribution in [3.8, 4) is 0 Å². The van der Waals surface area contributed by atoms with E-state index in [1.54, 1.807) is 47.4 Å². The van der Waals surface area contributed by atoms with Crippen LogP contribution in [0.4, 0.5) is 4.39 Å². The minimum absolute atomic E-state index is 0.0553. The van der Waals surface area contributed by atoms with Gasteiger partial charge in [0, 0.05) is 54.0 Å². The predicted molar refractivity (Wildman–Crippen MR) is 108 cm³/mol. The first kappa shape index (κ1) is 19.6. The van der Waals surface area contributed by atoms with Crippen LogP contribution in [0.1, 0.15) is 32.9 Å². The highest BCUT2D eigenvalue weighted by Gasteiger charge is 2.27. The van der Waals surface area contributed by atoms with Crippen LogP contribution in [0, 0.1) is 5.82 Å². The fourth-order valence-corrected chi connectivity index (χ4v) is 3.83. The molecule has 0 saturated carbocycles. The molecule has 0 bridgehead atoms. The summed E-state index contributed by atoms with van der Waals surface area (Å²) in [5.74, 6) is -0.339. The molecule has 0 N–H and O–H groups in total. The number of hydrogen-bond acceptors (Lipinski definition) is 3. The Morgan fingerprint density at radius 1 is 1.21 bits per heavy atom. The molecule has 0 unspecified atom stereocenters. The van der Waals surface area contributed by atoms with E-state index in [9.17, 15) is 9.18 Å². The summed E-state index contributed by atoms with van der Waals surface area (Å²) >= 11 is 6.03. The van der Waals surface area contributed by atoms with Crippen LogP contribution in [0.25, 0.3) is 0 Å². The van der Waals surface area contributed by atoms with Crippen molar-refractivity contribution in [2.24, 2.45) is 7.05 Å². The fraction of sp³-hybridized carbons (Fsp3) is 0.273. The van der Waals surface area contributed by atoms with Crippen LogP contribution in [0.2, 0.25) is 5.02 Å². The second kappa shape index (κ2) is 8.35. The number of halogens is 2. The lowest BCUT2D eigenvalue weighted by Gasteiger charge is -2.28. The summed E-state index contributed by atoms with van der Waals surface area (Å²) in [5.41, 5.74) is 3.96. The standard InChI is InChI=1S/C22H21ClFN3O2/c1-26-21-9-10-27(22(28)15-6-4-7-17(23)11-15)12-18(21)20(25-26)14-29-13-16-5-2-3-8-19(16)24/h2-8,11H,9-10,12-14H2,1H3. The van der Waals surface area contributed by atoms with Crippen LogP contribution in [-0.4, -0.2) is 27.1 Å².